The van der Waals surface area contributed by atoms with E-state index in [2.05, 4.69) is 5.32 Å². The second-order valence-electron chi connectivity index (χ2n) is 3.82. The molecule has 0 spiro atoms. The molecule has 0 aliphatic rings. The Morgan fingerprint density at radius 3 is 2.67 bits per heavy atom. The van der Waals surface area contributed by atoms with Crippen molar-refractivity contribution in [2.75, 3.05) is 13.2 Å². The number of rotatable bonds is 5. The zero-order chi connectivity index (χ0) is 13.7. The molecule has 1 N–H and O–H groups in total. The van der Waals surface area contributed by atoms with Crippen molar-refractivity contribution in [2.45, 2.75) is 13.5 Å². The molecular weight excluding hydrogens is 238 g/mol. The van der Waals surface area contributed by atoms with Crippen LogP contribution in [0.4, 0.5) is 0 Å². The quantitative estimate of drug-likeness (QED) is 0.664. The number of nitrogens with one attached hydrogen (secondary N) is 1. The number of hydrogen-bond acceptors (Lipinski definition) is 5. The molecule has 18 heavy (non-hydrogen) atoms. The molecule has 1 aromatic heterocycles. The standard InChI is InChI=1S/C11H17N3O4/c1-4-18-9(15)6-12-5-8-7-13(2)11(17)14(3)10(8)16/h7,12H,4-6H2,1-3H3. The summed E-state index contributed by atoms with van der Waals surface area (Å²) >= 11 is 0. The van der Waals surface area contributed by atoms with Crippen molar-refractivity contribution in [3.63, 3.8) is 0 Å². The van der Waals surface area contributed by atoms with E-state index in [9.17, 15) is 14.4 Å². The van der Waals surface area contributed by atoms with Crippen LogP contribution in [0.1, 0.15) is 12.5 Å². The number of aromatic nitrogens is 2. The maximum atomic E-state index is 11.7. The van der Waals surface area contributed by atoms with Gasteiger partial charge in [0.2, 0.25) is 0 Å². The molecule has 7 nitrogen and oxygen atoms in total. The van der Waals surface area contributed by atoms with E-state index < -0.39 is 0 Å². The van der Waals surface area contributed by atoms with Crippen molar-refractivity contribution in [2.24, 2.45) is 14.1 Å². The maximum Gasteiger partial charge on any atom is 0.330 e. The maximum absolute atomic E-state index is 11.7. The Hall–Kier alpha value is -1.89. The largest absolute Gasteiger partial charge is 0.465 e. The molecule has 0 aliphatic heterocycles. The predicted octanol–water partition coefficient (Wildman–Crippen LogP) is -1.26. The molecule has 0 fully saturated rings. The first kappa shape index (κ1) is 14.2. The van der Waals surface area contributed by atoms with Crippen molar-refractivity contribution < 1.29 is 9.53 Å². The number of carbonyl (C=O) groups is 1. The third-order valence-electron chi connectivity index (χ3n) is 2.41. The molecule has 100 valence electrons. The molecule has 0 saturated carbocycles. The Balaban J connectivity index is 2.72. The van der Waals surface area contributed by atoms with Gasteiger partial charge in [0.15, 0.2) is 0 Å². The van der Waals surface area contributed by atoms with Gasteiger partial charge < -0.3 is 14.6 Å². The highest BCUT2D eigenvalue weighted by molar-refractivity contribution is 5.71. The first-order valence-corrected chi connectivity index (χ1v) is 5.59. The van der Waals surface area contributed by atoms with Gasteiger partial charge in [-0.3, -0.25) is 14.2 Å². The van der Waals surface area contributed by atoms with Crippen LogP contribution in [-0.4, -0.2) is 28.3 Å². The number of hydrogen-bond donors (Lipinski definition) is 1. The predicted molar refractivity (Wildman–Crippen MR) is 65.3 cm³/mol. The summed E-state index contributed by atoms with van der Waals surface area (Å²) in [7, 11) is 2.98. The summed E-state index contributed by atoms with van der Waals surface area (Å²) in [5.41, 5.74) is -0.326. The Morgan fingerprint density at radius 2 is 2.06 bits per heavy atom. The first-order valence-electron chi connectivity index (χ1n) is 5.59. The fourth-order valence-electron chi connectivity index (χ4n) is 1.52. The minimum absolute atomic E-state index is 0.0276. The Bertz CT molecular complexity index is 544. The van der Waals surface area contributed by atoms with Gasteiger partial charge in [0.05, 0.1) is 13.2 Å². The van der Waals surface area contributed by atoms with E-state index in [1.807, 2.05) is 0 Å². The van der Waals surface area contributed by atoms with E-state index in [0.717, 1.165) is 4.57 Å². The van der Waals surface area contributed by atoms with Crippen LogP contribution in [0.2, 0.25) is 0 Å². The molecule has 0 saturated heterocycles. The SMILES string of the molecule is CCOC(=O)CNCc1cn(C)c(=O)n(C)c1=O. The Labute approximate surface area is 104 Å². The number of esters is 1. The number of nitrogens with zero attached hydrogens (tertiary/aromatic N) is 2. The van der Waals surface area contributed by atoms with Crippen LogP contribution in [0, 0.1) is 0 Å². The van der Waals surface area contributed by atoms with Crippen LogP contribution in [-0.2, 0) is 30.2 Å². The van der Waals surface area contributed by atoms with Crippen LogP contribution in [0.25, 0.3) is 0 Å². The molecule has 0 atom stereocenters. The van der Waals surface area contributed by atoms with Gasteiger partial charge in [0.25, 0.3) is 5.56 Å². The van der Waals surface area contributed by atoms with Gasteiger partial charge in [-0.25, -0.2) is 4.79 Å². The monoisotopic (exact) mass is 255 g/mol. The van der Waals surface area contributed by atoms with Gasteiger partial charge in [0, 0.05) is 32.4 Å². The van der Waals surface area contributed by atoms with Crippen LogP contribution < -0.4 is 16.6 Å². The molecule has 7 heteroatoms. The lowest BCUT2D eigenvalue weighted by Gasteiger charge is -2.07. The lowest BCUT2D eigenvalue weighted by molar-refractivity contribution is -0.142. The van der Waals surface area contributed by atoms with Gasteiger partial charge in [0.1, 0.15) is 0 Å². The fraction of sp³-hybridized carbons (Fsp3) is 0.545. The normalized spacial score (nSPS) is 10.4. The molecule has 0 aromatic carbocycles. The van der Waals surface area contributed by atoms with Gasteiger partial charge in [-0.2, -0.15) is 0 Å². The average molecular weight is 255 g/mol. The zero-order valence-corrected chi connectivity index (χ0v) is 10.7. The molecule has 0 amide bonds. The minimum atomic E-state index is -0.380. The van der Waals surface area contributed by atoms with Crippen molar-refractivity contribution in [3.05, 3.63) is 32.6 Å². The lowest BCUT2D eigenvalue weighted by Crippen LogP contribution is -2.40. The fourth-order valence-corrected chi connectivity index (χ4v) is 1.52. The second-order valence-corrected chi connectivity index (χ2v) is 3.82. The third kappa shape index (κ3) is 3.30. The van der Waals surface area contributed by atoms with Crippen LogP contribution in [0.15, 0.2) is 15.8 Å². The molecular formula is C11H17N3O4. The molecule has 1 aromatic rings. The molecule has 0 radical (unpaired) electrons. The van der Waals surface area contributed by atoms with Crippen LogP contribution in [0.5, 0.6) is 0 Å². The van der Waals surface area contributed by atoms with Gasteiger partial charge >= 0.3 is 11.7 Å². The van der Waals surface area contributed by atoms with Crippen LogP contribution in [0.3, 0.4) is 0 Å². The summed E-state index contributed by atoms with van der Waals surface area (Å²) in [5, 5.41) is 2.80. The van der Waals surface area contributed by atoms with E-state index in [4.69, 9.17) is 4.74 Å². The Morgan fingerprint density at radius 1 is 1.39 bits per heavy atom. The summed E-state index contributed by atoms with van der Waals surface area (Å²) in [6.45, 7) is 2.28. The topological polar surface area (TPSA) is 82.3 Å². The van der Waals surface area contributed by atoms with Gasteiger partial charge in [-0.15, -0.1) is 0 Å². The second kappa shape index (κ2) is 6.15. The molecule has 0 unspecified atom stereocenters. The van der Waals surface area contributed by atoms with E-state index in [1.165, 1.54) is 17.8 Å². The smallest absolute Gasteiger partial charge is 0.330 e. The van der Waals surface area contributed by atoms with E-state index >= 15 is 0 Å². The van der Waals surface area contributed by atoms with Crippen molar-refractivity contribution in [3.8, 4) is 0 Å². The number of ether oxygens (including phenoxy) is 1. The van der Waals surface area contributed by atoms with E-state index in [0.29, 0.717) is 12.2 Å². The van der Waals surface area contributed by atoms with Gasteiger partial charge in [-0.05, 0) is 6.92 Å². The summed E-state index contributed by atoms with van der Waals surface area (Å²) in [6, 6.07) is 0. The minimum Gasteiger partial charge on any atom is -0.465 e. The summed E-state index contributed by atoms with van der Waals surface area (Å²) < 4.78 is 7.09. The van der Waals surface area contributed by atoms with E-state index in [-0.39, 0.29) is 30.3 Å². The molecule has 1 heterocycles. The molecule has 0 aliphatic carbocycles. The number of aryl methyl sites for hydroxylation is 1. The van der Waals surface area contributed by atoms with Crippen molar-refractivity contribution in [1.82, 2.24) is 14.5 Å². The number of carbonyl (C=O) groups excluding carboxylic acids is 1. The summed E-state index contributed by atoms with van der Waals surface area (Å²) in [6.07, 6.45) is 1.46. The van der Waals surface area contributed by atoms with Gasteiger partial charge in [-0.1, -0.05) is 0 Å². The van der Waals surface area contributed by atoms with Crippen molar-refractivity contribution >= 4 is 5.97 Å². The molecule has 0 bridgehead atoms. The highest BCUT2D eigenvalue weighted by atomic mass is 16.5. The zero-order valence-electron chi connectivity index (χ0n) is 10.7. The van der Waals surface area contributed by atoms with E-state index in [1.54, 1.807) is 14.0 Å². The Kier molecular flexibility index (Phi) is 4.85. The molecule has 1 rings (SSSR count). The highest BCUT2D eigenvalue weighted by Gasteiger charge is 2.07. The highest BCUT2D eigenvalue weighted by Crippen LogP contribution is 1.87. The van der Waals surface area contributed by atoms with Crippen molar-refractivity contribution in [1.29, 1.82) is 0 Å². The summed E-state index contributed by atoms with van der Waals surface area (Å²) in [4.78, 5) is 34.3. The summed E-state index contributed by atoms with van der Waals surface area (Å²) in [5.74, 6) is -0.376. The third-order valence-corrected chi connectivity index (χ3v) is 2.41. The average Bonchev–Trinajstić information content (AvgIpc) is 2.33. The lowest BCUT2D eigenvalue weighted by atomic mass is 10.3. The van der Waals surface area contributed by atoms with Crippen LogP contribution >= 0.6 is 0 Å². The first-order chi connectivity index (χ1) is 8.47.